The van der Waals surface area contributed by atoms with Crippen molar-refractivity contribution in [3.05, 3.63) is 29.6 Å². The van der Waals surface area contributed by atoms with E-state index in [0.29, 0.717) is 18.3 Å². The van der Waals surface area contributed by atoms with Crippen LogP contribution in [0.5, 0.6) is 5.75 Å². The number of benzene rings is 1. The number of ether oxygens (including phenoxy) is 1. The fourth-order valence-corrected chi connectivity index (χ4v) is 3.28. The Bertz CT molecular complexity index is 595. The summed E-state index contributed by atoms with van der Waals surface area (Å²) in [5, 5.41) is 2.99. The molecule has 0 spiro atoms. The van der Waals surface area contributed by atoms with E-state index >= 15 is 0 Å². The summed E-state index contributed by atoms with van der Waals surface area (Å²) in [5.41, 5.74) is 6.70. The van der Waals surface area contributed by atoms with Crippen molar-refractivity contribution in [3.63, 3.8) is 0 Å². The van der Waals surface area contributed by atoms with Crippen LogP contribution in [0.25, 0.3) is 0 Å². The number of hydrogen-bond donors (Lipinski definition) is 2. The molecule has 0 heterocycles. The Labute approximate surface area is 155 Å². The molecule has 0 radical (unpaired) electrons. The Kier molecular flexibility index (Phi) is 7.08. The Hall–Kier alpha value is -1.33. The highest BCUT2D eigenvalue weighted by Crippen LogP contribution is 2.31. The molecule has 3 atom stereocenters. The third-order valence-electron chi connectivity index (χ3n) is 5.07. The minimum Gasteiger partial charge on any atom is -0.490 e. The lowest BCUT2D eigenvalue weighted by molar-refractivity contribution is -0.126. The minimum absolute atomic E-state index is 0. The van der Waals surface area contributed by atoms with E-state index in [4.69, 9.17) is 10.5 Å². The van der Waals surface area contributed by atoms with Crippen LogP contribution in [0.2, 0.25) is 0 Å². The zero-order chi connectivity index (χ0) is 17.1. The van der Waals surface area contributed by atoms with Crippen molar-refractivity contribution in [3.8, 4) is 5.75 Å². The molecular weight excluding hydrogens is 343 g/mol. The van der Waals surface area contributed by atoms with Crippen LogP contribution in [-0.4, -0.2) is 18.6 Å². The molecule has 1 aromatic carbocycles. The largest absolute Gasteiger partial charge is 0.490 e. The van der Waals surface area contributed by atoms with E-state index in [1.165, 1.54) is 18.9 Å². The molecule has 0 aromatic heterocycles. The Morgan fingerprint density at radius 2 is 2.12 bits per heavy atom. The van der Waals surface area contributed by atoms with Gasteiger partial charge in [-0.05, 0) is 62.6 Å². The number of amides is 1. The van der Waals surface area contributed by atoms with Gasteiger partial charge in [-0.3, -0.25) is 4.79 Å². The molecule has 4 nitrogen and oxygen atoms in total. The zero-order valence-corrected chi connectivity index (χ0v) is 15.5. The maximum atomic E-state index is 14.2. The van der Waals surface area contributed by atoms with Crippen molar-refractivity contribution in [1.82, 2.24) is 5.32 Å². The summed E-state index contributed by atoms with van der Waals surface area (Å²) in [6.07, 6.45) is 5.96. The first-order valence-corrected chi connectivity index (χ1v) is 9.01. The average molecular weight is 371 g/mol. The summed E-state index contributed by atoms with van der Waals surface area (Å²) in [6.45, 7) is 2.46. The van der Waals surface area contributed by atoms with Gasteiger partial charge in [-0.1, -0.05) is 12.5 Å². The maximum absolute atomic E-state index is 14.2. The molecule has 0 saturated heterocycles. The molecule has 3 rings (SSSR count). The number of carbonyl (C=O) groups is 1. The molecular formula is C19H28ClFN2O2. The highest BCUT2D eigenvalue weighted by molar-refractivity contribution is 5.85. The summed E-state index contributed by atoms with van der Waals surface area (Å²) < 4.78 is 19.7. The lowest BCUT2D eigenvalue weighted by Crippen LogP contribution is -2.38. The maximum Gasteiger partial charge on any atom is 0.223 e. The number of halogens is 2. The molecule has 2 fully saturated rings. The third kappa shape index (κ3) is 5.58. The first-order chi connectivity index (χ1) is 11.5. The first kappa shape index (κ1) is 20.0. The fraction of sp³-hybridized carbons (Fsp3) is 0.632. The predicted octanol–water partition coefficient (Wildman–Crippen LogP) is 3.73. The Morgan fingerprint density at radius 3 is 2.76 bits per heavy atom. The average Bonchev–Trinajstić information content (AvgIpc) is 3.38. The summed E-state index contributed by atoms with van der Waals surface area (Å²) in [7, 11) is 0. The SMILES string of the molecule is CC(NC(=O)C1CCCC(N)C1)c1ccc(OCC2CC2)c(F)c1.Cl. The lowest BCUT2D eigenvalue weighted by Gasteiger charge is -2.27. The molecule has 2 aliphatic carbocycles. The quantitative estimate of drug-likeness (QED) is 0.801. The summed E-state index contributed by atoms with van der Waals surface area (Å²) in [5.74, 6) is 0.509. The van der Waals surface area contributed by atoms with Crippen molar-refractivity contribution < 1.29 is 13.9 Å². The van der Waals surface area contributed by atoms with Crippen molar-refractivity contribution in [2.45, 2.75) is 57.5 Å². The van der Waals surface area contributed by atoms with Gasteiger partial charge in [-0.15, -0.1) is 12.4 Å². The number of carbonyl (C=O) groups excluding carboxylic acids is 1. The standard InChI is InChI=1S/C19H27FN2O2.ClH/c1-12(22-19(23)15-3-2-4-16(21)9-15)14-7-8-18(17(20)10-14)24-11-13-5-6-13;/h7-8,10,12-13,15-16H,2-6,9,11,21H2,1H3,(H,22,23);1H. The van der Waals surface area contributed by atoms with E-state index in [-0.39, 0.29) is 42.1 Å². The predicted molar refractivity (Wildman–Crippen MR) is 98.4 cm³/mol. The zero-order valence-electron chi connectivity index (χ0n) is 14.7. The number of nitrogens with one attached hydrogen (secondary N) is 1. The van der Waals surface area contributed by atoms with Crippen LogP contribution in [0.4, 0.5) is 4.39 Å². The molecule has 2 saturated carbocycles. The second-order valence-corrected chi connectivity index (χ2v) is 7.30. The van der Waals surface area contributed by atoms with Crippen molar-refractivity contribution in [2.24, 2.45) is 17.6 Å². The Morgan fingerprint density at radius 1 is 1.36 bits per heavy atom. The summed E-state index contributed by atoms with van der Waals surface area (Å²) in [6, 6.07) is 4.82. The van der Waals surface area contributed by atoms with Crippen molar-refractivity contribution in [2.75, 3.05) is 6.61 Å². The number of hydrogen-bond acceptors (Lipinski definition) is 3. The van der Waals surface area contributed by atoms with Gasteiger partial charge in [0.1, 0.15) is 0 Å². The van der Waals surface area contributed by atoms with Crippen molar-refractivity contribution >= 4 is 18.3 Å². The van der Waals surface area contributed by atoms with Crippen LogP contribution >= 0.6 is 12.4 Å². The van der Waals surface area contributed by atoms with Gasteiger partial charge >= 0.3 is 0 Å². The third-order valence-corrected chi connectivity index (χ3v) is 5.07. The van der Waals surface area contributed by atoms with E-state index in [2.05, 4.69) is 5.32 Å². The van der Waals surface area contributed by atoms with Gasteiger partial charge in [0.2, 0.25) is 5.91 Å². The van der Waals surface area contributed by atoms with Crippen molar-refractivity contribution in [1.29, 1.82) is 0 Å². The molecule has 6 heteroatoms. The van der Waals surface area contributed by atoms with Gasteiger partial charge in [-0.2, -0.15) is 0 Å². The van der Waals surface area contributed by atoms with Crippen LogP contribution in [0.3, 0.4) is 0 Å². The molecule has 1 amide bonds. The van der Waals surface area contributed by atoms with Gasteiger partial charge in [-0.25, -0.2) is 4.39 Å². The van der Waals surface area contributed by atoms with Gasteiger partial charge < -0.3 is 15.8 Å². The van der Waals surface area contributed by atoms with E-state index in [1.807, 2.05) is 13.0 Å². The smallest absolute Gasteiger partial charge is 0.223 e. The second-order valence-electron chi connectivity index (χ2n) is 7.30. The molecule has 3 unspecified atom stereocenters. The molecule has 1 aromatic rings. The summed E-state index contributed by atoms with van der Waals surface area (Å²) in [4.78, 5) is 12.4. The second kappa shape index (κ2) is 8.86. The van der Waals surface area contributed by atoms with Crippen LogP contribution in [0.15, 0.2) is 18.2 Å². The normalized spacial score (nSPS) is 24.1. The molecule has 0 aliphatic heterocycles. The molecule has 25 heavy (non-hydrogen) atoms. The van der Waals surface area contributed by atoms with Crippen LogP contribution in [0, 0.1) is 17.7 Å². The van der Waals surface area contributed by atoms with E-state index in [9.17, 15) is 9.18 Å². The molecule has 140 valence electrons. The van der Waals surface area contributed by atoms with Gasteiger partial charge in [0.15, 0.2) is 11.6 Å². The highest BCUT2D eigenvalue weighted by Gasteiger charge is 2.26. The molecule has 3 N–H and O–H groups in total. The molecule has 2 aliphatic rings. The van der Waals surface area contributed by atoms with E-state index in [1.54, 1.807) is 6.07 Å². The first-order valence-electron chi connectivity index (χ1n) is 9.01. The fourth-order valence-electron chi connectivity index (χ4n) is 3.28. The summed E-state index contributed by atoms with van der Waals surface area (Å²) >= 11 is 0. The minimum atomic E-state index is -0.367. The van der Waals surface area contributed by atoms with Crippen LogP contribution < -0.4 is 15.8 Å². The Balaban J connectivity index is 0.00000225. The monoisotopic (exact) mass is 370 g/mol. The molecule has 0 bridgehead atoms. The van der Waals surface area contributed by atoms with Gasteiger partial charge in [0.05, 0.1) is 12.6 Å². The topological polar surface area (TPSA) is 64.4 Å². The van der Waals surface area contributed by atoms with Crippen LogP contribution in [0.1, 0.15) is 57.1 Å². The van der Waals surface area contributed by atoms with Gasteiger partial charge in [0, 0.05) is 12.0 Å². The number of rotatable bonds is 6. The van der Waals surface area contributed by atoms with Crippen LogP contribution in [-0.2, 0) is 4.79 Å². The highest BCUT2D eigenvalue weighted by atomic mass is 35.5. The van der Waals surface area contributed by atoms with E-state index in [0.717, 1.165) is 31.2 Å². The van der Waals surface area contributed by atoms with Gasteiger partial charge in [0.25, 0.3) is 0 Å². The lowest BCUT2D eigenvalue weighted by atomic mass is 9.85. The van der Waals surface area contributed by atoms with E-state index < -0.39 is 0 Å². The number of nitrogens with two attached hydrogens (primary N) is 1.